The summed E-state index contributed by atoms with van der Waals surface area (Å²) in [6, 6.07) is 21.0. The first kappa shape index (κ1) is 22.5. The molecule has 1 aliphatic rings. The van der Waals surface area contributed by atoms with Gasteiger partial charge in [0.05, 0.1) is 15.6 Å². The fourth-order valence-corrected chi connectivity index (χ4v) is 5.92. The predicted octanol–water partition coefficient (Wildman–Crippen LogP) is 5.64. The molecule has 5 rings (SSSR count). The van der Waals surface area contributed by atoms with Gasteiger partial charge in [-0.15, -0.1) is 0 Å². The summed E-state index contributed by atoms with van der Waals surface area (Å²) in [7, 11) is -3.89. The van der Waals surface area contributed by atoms with Gasteiger partial charge in [0.15, 0.2) is 0 Å². The van der Waals surface area contributed by atoms with E-state index in [1.165, 1.54) is 23.1 Å². The SMILES string of the molecule is O=C(c1cccc(S(=O)(=O)Nc2ccccc2Cl)c1)N1CCC(c2c[nH]c3ccccc23)CC1. The Morgan fingerprint density at radius 2 is 1.71 bits per heavy atom. The number of piperidine rings is 1. The van der Waals surface area contributed by atoms with Gasteiger partial charge in [-0.25, -0.2) is 8.42 Å². The van der Waals surface area contributed by atoms with Crippen molar-refractivity contribution in [1.82, 2.24) is 9.88 Å². The third kappa shape index (κ3) is 4.41. The van der Waals surface area contributed by atoms with E-state index in [1.807, 2.05) is 12.1 Å². The number of sulfonamides is 1. The normalized spacial score (nSPS) is 14.9. The number of carbonyl (C=O) groups is 1. The number of rotatable bonds is 5. The van der Waals surface area contributed by atoms with Gasteiger partial charge >= 0.3 is 0 Å². The smallest absolute Gasteiger partial charge is 0.261 e. The highest BCUT2D eigenvalue weighted by Gasteiger charge is 2.27. The summed E-state index contributed by atoms with van der Waals surface area (Å²) in [6.45, 7) is 1.25. The maximum absolute atomic E-state index is 13.2. The van der Waals surface area contributed by atoms with Crippen LogP contribution in [0.2, 0.25) is 5.02 Å². The van der Waals surface area contributed by atoms with Crippen LogP contribution in [-0.2, 0) is 10.0 Å². The number of nitrogens with one attached hydrogen (secondary N) is 2. The Kier molecular flexibility index (Phi) is 6.06. The van der Waals surface area contributed by atoms with E-state index in [2.05, 4.69) is 28.0 Å². The summed E-state index contributed by atoms with van der Waals surface area (Å²) in [4.78, 5) is 18.3. The van der Waals surface area contributed by atoms with Crippen molar-refractivity contribution < 1.29 is 13.2 Å². The molecule has 0 spiro atoms. The molecule has 2 N–H and O–H groups in total. The van der Waals surface area contributed by atoms with Crippen LogP contribution < -0.4 is 4.72 Å². The number of amides is 1. The third-order valence-electron chi connectivity index (χ3n) is 6.35. The minimum atomic E-state index is -3.89. The number of benzene rings is 3. The summed E-state index contributed by atoms with van der Waals surface area (Å²) in [6.07, 6.45) is 3.80. The average molecular weight is 494 g/mol. The zero-order chi connectivity index (χ0) is 23.7. The summed E-state index contributed by atoms with van der Waals surface area (Å²) >= 11 is 6.09. The summed E-state index contributed by atoms with van der Waals surface area (Å²) in [5.41, 5.74) is 3.06. The van der Waals surface area contributed by atoms with Crippen molar-refractivity contribution in [1.29, 1.82) is 0 Å². The van der Waals surface area contributed by atoms with E-state index in [1.54, 1.807) is 41.3 Å². The molecule has 6 nitrogen and oxygen atoms in total. The molecule has 0 bridgehead atoms. The highest BCUT2D eigenvalue weighted by Crippen LogP contribution is 2.33. The van der Waals surface area contributed by atoms with Crippen LogP contribution >= 0.6 is 11.6 Å². The first-order valence-electron chi connectivity index (χ1n) is 11.1. The molecule has 0 radical (unpaired) electrons. The zero-order valence-electron chi connectivity index (χ0n) is 18.4. The lowest BCUT2D eigenvalue weighted by atomic mass is 9.89. The molecular formula is C26H24ClN3O3S. The first-order chi connectivity index (χ1) is 16.4. The van der Waals surface area contributed by atoms with Crippen LogP contribution in [0.1, 0.15) is 34.7 Å². The van der Waals surface area contributed by atoms with Gasteiger partial charge in [-0.05, 0) is 60.7 Å². The molecule has 3 aromatic carbocycles. The second kappa shape index (κ2) is 9.16. The van der Waals surface area contributed by atoms with E-state index in [4.69, 9.17) is 11.6 Å². The molecule has 174 valence electrons. The van der Waals surface area contributed by atoms with E-state index in [-0.39, 0.29) is 10.8 Å². The number of anilines is 1. The number of hydrogen-bond donors (Lipinski definition) is 2. The number of aromatic amines is 1. The zero-order valence-corrected chi connectivity index (χ0v) is 19.9. The number of likely N-dealkylation sites (tertiary alicyclic amines) is 1. The van der Waals surface area contributed by atoms with Gasteiger partial charge in [0.1, 0.15) is 0 Å². The topological polar surface area (TPSA) is 82.3 Å². The van der Waals surface area contributed by atoms with Crippen LogP contribution in [0.5, 0.6) is 0 Å². The van der Waals surface area contributed by atoms with Gasteiger partial charge in [-0.2, -0.15) is 0 Å². The van der Waals surface area contributed by atoms with Gasteiger partial charge < -0.3 is 9.88 Å². The number of H-pyrrole nitrogens is 1. The fourth-order valence-electron chi connectivity index (χ4n) is 4.55. The Labute approximate surface area is 203 Å². The number of halogens is 1. The van der Waals surface area contributed by atoms with Gasteiger partial charge in [-0.1, -0.05) is 48.0 Å². The molecular weight excluding hydrogens is 470 g/mol. The van der Waals surface area contributed by atoms with Gasteiger partial charge in [0.25, 0.3) is 15.9 Å². The Balaban J connectivity index is 1.29. The molecule has 2 heterocycles. The predicted molar refractivity (Wildman–Crippen MR) is 135 cm³/mol. The maximum atomic E-state index is 13.2. The molecule has 1 saturated heterocycles. The maximum Gasteiger partial charge on any atom is 0.261 e. The Morgan fingerprint density at radius 1 is 0.971 bits per heavy atom. The molecule has 0 atom stereocenters. The van der Waals surface area contributed by atoms with Crippen molar-refractivity contribution in [3.8, 4) is 0 Å². The summed E-state index contributed by atoms with van der Waals surface area (Å²) in [5, 5.41) is 1.53. The van der Waals surface area contributed by atoms with Crippen molar-refractivity contribution in [3.05, 3.63) is 95.1 Å². The van der Waals surface area contributed by atoms with Crippen molar-refractivity contribution >= 4 is 44.1 Å². The summed E-state index contributed by atoms with van der Waals surface area (Å²) in [5.74, 6) is 0.221. The molecule has 1 aliphatic heterocycles. The molecule has 1 amide bonds. The second-order valence-electron chi connectivity index (χ2n) is 8.47. The highest BCUT2D eigenvalue weighted by molar-refractivity contribution is 7.92. The molecule has 0 saturated carbocycles. The number of aromatic nitrogens is 1. The molecule has 1 aromatic heterocycles. The van der Waals surface area contributed by atoms with Crippen molar-refractivity contribution in [2.45, 2.75) is 23.7 Å². The molecule has 34 heavy (non-hydrogen) atoms. The lowest BCUT2D eigenvalue weighted by Crippen LogP contribution is -2.38. The third-order valence-corrected chi connectivity index (χ3v) is 8.05. The molecule has 1 fully saturated rings. The lowest BCUT2D eigenvalue weighted by Gasteiger charge is -2.32. The van der Waals surface area contributed by atoms with Crippen molar-refractivity contribution in [2.24, 2.45) is 0 Å². The summed E-state index contributed by atoms with van der Waals surface area (Å²) < 4.78 is 28.3. The Hall–Kier alpha value is -3.29. The molecule has 0 aliphatic carbocycles. The van der Waals surface area contributed by atoms with Crippen molar-refractivity contribution in [3.63, 3.8) is 0 Å². The monoisotopic (exact) mass is 493 g/mol. The molecule has 4 aromatic rings. The van der Waals surface area contributed by atoms with Crippen LogP contribution in [0, 0.1) is 0 Å². The van der Waals surface area contributed by atoms with E-state index in [0.29, 0.717) is 35.3 Å². The number of nitrogens with zero attached hydrogens (tertiary/aromatic N) is 1. The highest BCUT2D eigenvalue weighted by atomic mass is 35.5. The Morgan fingerprint density at radius 3 is 2.50 bits per heavy atom. The largest absolute Gasteiger partial charge is 0.361 e. The molecule has 0 unspecified atom stereocenters. The lowest BCUT2D eigenvalue weighted by molar-refractivity contribution is 0.0713. The molecule has 8 heteroatoms. The van der Waals surface area contributed by atoms with Gasteiger partial charge in [-0.3, -0.25) is 9.52 Å². The second-order valence-corrected chi connectivity index (χ2v) is 10.6. The first-order valence-corrected chi connectivity index (χ1v) is 13.0. The van der Waals surface area contributed by atoms with E-state index in [9.17, 15) is 13.2 Å². The fraction of sp³-hybridized carbons (Fsp3) is 0.192. The van der Waals surface area contributed by atoms with Crippen LogP contribution in [-0.4, -0.2) is 37.3 Å². The van der Waals surface area contributed by atoms with Crippen molar-refractivity contribution in [2.75, 3.05) is 17.8 Å². The van der Waals surface area contributed by atoms with E-state index >= 15 is 0 Å². The average Bonchev–Trinajstić information content (AvgIpc) is 3.29. The van der Waals surface area contributed by atoms with E-state index < -0.39 is 10.0 Å². The van der Waals surface area contributed by atoms with Gasteiger partial charge in [0, 0.05) is 35.8 Å². The van der Waals surface area contributed by atoms with E-state index in [0.717, 1.165) is 18.4 Å². The Bertz CT molecular complexity index is 1460. The van der Waals surface area contributed by atoms with Crippen LogP contribution in [0.25, 0.3) is 10.9 Å². The minimum absolute atomic E-state index is 0.0203. The quantitative estimate of drug-likeness (QED) is 0.377. The number of carbonyl (C=O) groups excluding carboxylic acids is 1. The standard InChI is InChI=1S/C26H24ClN3O3S/c27-23-9-2-4-11-25(23)29-34(32,33)20-7-5-6-19(16-20)26(31)30-14-12-18(13-15-30)22-17-28-24-10-3-1-8-21(22)24/h1-11,16-18,28-29H,12-15H2. The number of fused-ring (bicyclic) bond motifs is 1. The van der Waals surface area contributed by atoms with Crippen LogP contribution in [0.3, 0.4) is 0 Å². The number of hydrogen-bond acceptors (Lipinski definition) is 3. The van der Waals surface area contributed by atoms with Crippen LogP contribution in [0.15, 0.2) is 83.9 Å². The van der Waals surface area contributed by atoms with Gasteiger partial charge in [0.2, 0.25) is 0 Å². The number of para-hydroxylation sites is 2. The van der Waals surface area contributed by atoms with Crippen LogP contribution in [0.4, 0.5) is 5.69 Å². The minimum Gasteiger partial charge on any atom is -0.361 e.